The average molecular weight is 150 g/mol. The molecule has 0 radical (unpaired) electrons. The molecule has 1 rings (SSSR count). The lowest BCUT2D eigenvalue weighted by Crippen LogP contribution is -2.13. The van der Waals surface area contributed by atoms with E-state index in [4.69, 9.17) is 14.7 Å². The third-order valence-electron chi connectivity index (χ3n) is 0.686. The van der Waals surface area contributed by atoms with E-state index in [0.29, 0.717) is 0 Å². The highest BCUT2D eigenvalue weighted by Gasteiger charge is 2.38. The summed E-state index contributed by atoms with van der Waals surface area (Å²) in [5, 5.41) is 5.42. The summed E-state index contributed by atoms with van der Waals surface area (Å²) in [6.45, 7) is 0. The molecule has 6 nitrogen and oxygen atoms in total. The first-order valence-electron chi connectivity index (χ1n) is 2.04. The van der Waals surface area contributed by atoms with E-state index in [9.17, 15) is 0 Å². The van der Waals surface area contributed by atoms with Crippen LogP contribution in [0.4, 0.5) is 0 Å². The highest BCUT2D eigenvalue weighted by molar-refractivity contribution is 7.66. The smallest absolute Gasteiger partial charge is 0.223 e. The van der Waals surface area contributed by atoms with Crippen molar-refractivity contribution in [1.29, 1.82) is 0 Å². The highest BCUT2D eigenvalue weighted by Crippen LogP contribution is 2.40. The maximum Gasteiger partial charge on any atom is 0.481 e. The number of H-pyrrole nitrogens is 1. The molecule has 1 aromatic rings. The molecule has 9 heavy (non-hydrogen) atoms. The molecule has 7 heteroatoms. The Morgan fingerprint density at radius 2 is 2.11 bits per heavy atom. The minimum absolute atomic E-state index is 0.289. The van der Waals surface area contributed by atoms with E-state index in [1.807, 2.05) is 0 Å². The van der Waals surface area contributed by atoms with Crippen LogP contribution in [0.15, 0.2) is 6.33 Å². The predicted molar refractivity (Wildman–Crippen MR) is 29.6 cm³/mol. The van der Waals surface area contributed by atoms with Crippen molar-refractivity contribution in [3.63, 3.8) is 0 Å². The van der Waals surface area contributed by atoms with Crippen LogP contribution in [-0.2, 0) is 0 Å². The fourth-order valence-electron chi connectivity index (χ4n) is 0.344. The minimum Gasteiger partial charge on any atom is -0.223 e. The molecule has 0 aliphatic carbocycles. The van der Waals surface area contributed by atoms with E-state index in [0.717, 1.165) is 6.33 Å². The monoisotopic (exact) mass is 150 g/mol. The van der Waals surface area contributed by atoms with E-state index in [1.54, 1.807) is 0 Å². The van der Waals surface area contributed by atoms with Gasteiger partial charge in [-0.3, -0.25) is 0 Å². The Labute approximate surface area is 50.8 Å². The summed E-state index contributed by atoms with van der Waals surface area (Å²) in [7, 11) is -3.95. The normalized spacial score (nSPS) is 11.9. The van der Waals surface area contributed by atoms with Crippen LogP contribution < -0.4 is 5.57 Å². The van der Waals surface area contributed by atoms with Crippen LogP contribution in [-0.4, -0.2) is 29.9 Å². The van der Waals surface area contributed by atoms with E-state index in [2.05, 4.69) is 15.2 Å². The zero-order valence-electron chi connectivity index (χ0n) is 4.26. The Kier molecular flexibility index (Phi) is 1.46. The Hall–Kier alpha value is -0.550. The Bertz CT molecular complexity index is 179. The Balaban J connectivity index is 2.90. The zero-order chi connectivity index (χ0) is 6.91. The van der Waals surface area contributed by atoms with Crippen LogP contribution in [0.5, 0.6) is 0 Å². The lowest BCUT2D eigenvalue weighted by molar-refractivity contribution is 0.344. The summed E-state index contributed by atoms with van der Waals surface area (Å²) in [6.07, 6.45) is 1.08. The van der Waals surface area contributed by atoms with E-state index in [-0.39, 0.29) is 5.57 Å². The summed E-state index contributed by atoms with van der Waals surface area (Å²) < 4.78 is 0. The summed E-state index contributed by atoms with van der Waals surface area (Å²) in [5.74, 6) is 0. The number of aromatic amines is 1. The molecule has 0 unspecified atom stereocenters. The van der Waals surface area contributed by atoms with Gasteiger partial charge < -0.3 is 0 Å². The standard InChI is InChI=1S/C2H5N3O3P/c6-9(7,8)2-3-1-4-5-2/h1,6-8H,(H,3,4,5)/q+1. The van der Waals surface area contributed by atoms with Crippen LogP contribution >= 0.6 is 7.94 Å². The van der Waals surface area contributed by atoms with Gasteiger partial charge in [0, 0.05) is 0 Å². The van der Waals surface area contributed by atoms with Gasteiger partial charge in [-0.05, 0) is 0 Å². The van der Waals surface area contributed by atoms with Gasteiger partial charge in [0.2, 0.25) is 0 Å². The summed E-state index contributed by atoms with van der Waals surface area (Å²) in [5.41, 5.74) is -0.289. The summed E-state index contributed by atoms with van der Waals surface area (Å²) in [4.78, 5) is 28.7. The number of hydrogen-bond donors (Lipinski definition) is 4. The van der Waals surface area contributed by atoms with Gasteiger partial charge in [-0.2, -0.15) is 24.8 Å². The second-order valence-electron chi connectivity index (χ2n) is 1.38. The fraction of sp³-hybridized carbons (Fsp3) is 0. The number of hydrogen-bond acceptors (Lipinski definition) is 5. The molecule has 0 aliphatic heterocycles. The van der Waals surface area contributed by atoms with Gasteiger partial charge in [-0.25, -0.2) is 5.10 Å². The quantitative estimate of drug-likeness (QED) is 0.352. The van der Waals surface area contributed by atoms with E-state index < -0.39 is 7.94 Å². The maximum atomic E-state index is 8.47. The SMILES string of the molecule is O[P+](O)(O)c1ncn[nH]1. The van der Waals surface area contributed by atoms with Gasteiger partial charge in [0.1, 0.15) is 6.33 Å². The third-order valence-corrected chi connectivity index (χ3v) is 1.47. The van der Waals surface area contributed by atoms with Crippen molar-refractivity contribution in [3.05, 3.63) is 6.33 Å². The molecule has 0 aromatic carbocycles. The van der Waals surface area contributed by atoms with Crippen molar-refractivity contribution in [2.45, 2.75) is 0 Å². The molecule has 0 aliphatic rings. The van der Waals surface area contributed by atoms with Gasteiger partial charge in [0.05, 0.1) is 0 Å². The van der Waals surface area contributed by atoms with Crippen LogP contribution in [0.2, 0.25) is 0 Å². The Morgan fingerprint density at radius 3 is 2.33 bits per heavy atom. The second-order valence-corrected chi connectivity index (χ2v) is 2.94. The molecule has 4 N–H and O–H groups in total. The van der Waals surface area contributed by atoms with Crippen LogP contribution in [0.25, 0.3) is 0 Å². The maximum absolute atomic E-state index is 8.47. The number of nitrogens with one attached hydrogen (secondary N) is 1. The lowest BCUT2D eigenvalue weighted by atomic mass is 11.3. The van der Waals surface area contributed by atoms with Gasteiger partial charge in [-0.1, -0.05) is 0 Å². The molecule has 1 heterocycles. The molecule has 0 amide bonds. The molecule has 50 valence electrons. The van der Waals surface area contributed by atoms with Crippen LogP contribution in [0.1, 0.15) is 0 Å². The largest absolute Gasteiger partial charge is 0.481 e. The highest BCUT2D eigenvalue weighted by atomic mass is 31.2. The van der Waals surface area contributed by atoms with Crippen LogP contribution in [0.3, 0.4) is 0 Å². The molecule has 1 aromatic heterocycles. The van der Waals surface area contributed by atoms with Crippen molar-refractivity contribution >= 4 is 13.5 Å². The van der Waals surface area contributed by atoms with Crippen molar-refractivity contribution in [2.24, 2.45) is 0 Å². The zero-order valence-corrected chi connectivity index (χ0v) is 5.16. The number of rotatable bonds is 1. The molecular weight excluding hydrogens is 145 g/mol. The molecule has 0 bridgehead atoms. The van der Waals surface area contributed by atoms with Gasteiger partial charge in [-0.15, -0.1) is 0 Å². The predicted octanol–water partition coefficient (Wildman–Crippen LogP) is -1.83. The van der Waals surface area contributed by atoms with Gasteiger partial charge in [0.25, 0.3) is 0 Å². The molecular formula is C2H5N3O3P+. The molecule has 0 atom stereocenters. The lowest BCUT2D eigenvalue weighted by Gasteiger charge is -1.94. The molecule has 0 fully saturated rings. The fourth-order valence-corrected chi connectivity index (χ4v) is 0.742. The third kappa shape index (κ3) is 1.43. The minimum atomic E-state index is -3.95. The van der Waals surface area contributed by atoms with Gasteiger partial charge in [0.15, 0.2) is 0 Å². The van der Waals surface area contributed by atoms with E-state index >= 15 is 0 Å². The Morgan fingerprint density at radius 1 is 1.44 bits per heavy atom. The van der Waals surface area contributed by atoms with Crippen LogP contribution in [0, 0.1) is 0 Å². The number of nitrogens with zero attached hydrogens (tertiary/aromatic N) is 2. The first-order chi connectivity index (χ1) is 4.11. The van der Waals surface area contributed by atoms with Gasteiger partial charge >= 0.3 is 13.5 Å². The molecule has 0 spiro atoms. The average Bonchev–Trinajstić information content (AvgIpc) is 2.08. The topological polar surface area (TPSA) is 102 Å². The first kappa shape index (κ1) is 6.57. The van der Waals surface area contributed by atoms with Crippen molar-refractivity contribution in [3.8, 4) is 0 Å². The van der Waals surface area contributed by atoms with Crippen molar-refractivity contribution in [2.75, 3.05) is 0 Å². The summed E-state index contributed by atoms with van der Waals surface area (Å²) in [6, 6.07) is 0. The van der Waals surface area contributed by atoms with E-state index in [1.165, 1.54) is 0 Å². The summed E-state index contributed by atoms with van der Waals surface area (Å²) >= 11 is 0. The number of aromatic nitrogens is 3. The first-order valence-corrected chi connectivity index (χ1v) is 3.68. The molecule has 0 saturated heterocycles. The van der Waals surface area contributed by atoms with Crippen molar-refractivity contribution < 1.29 is 14.7 Å². The second kappa shape index (κ2) is 2.00. The van der Waals surface area contributed by atoms with Crippen molar-refractivity contribution in [1.82, 2.24) is 15.2 Å². The molecule has 0 saturated carbocycles.